The molecule has 1 heterocycles. The summed E-state index contributed by atoms with van der Waals surface area (Å²) in [4.78, 5) is 24.9. The van der Waals surface area contributed by atoms with E-state index in [-0.39, 0.29) is 23.8 Å². The molecule has 1 unspecified atom stereocenters. The van der Waals surface area contributed by atoms with Crippen LogP contribution in [0.25, 0.3) is 0 Å². The first kappa shape index (κ1) is 26.4. The highest BCUT2D eigenvalue weighted by Crippen LogP contribution is 2.18. The van der Waals surface area contributed by atoms with E-state index < -0.39 is 0 Å². The Balaban J connectivity index is 0.000000245. The molecule has 1 fully saturated rings. The Kier molecular flexibility index (Phi) is 10.9. The Labute approximate surface area is 197 Å². The number of aryl methyl sites for hydroxylation is 1. The van der Waals surface area contributed by atoms with Gasteiger partial charge < -0.3 is 19.1 Å². The molecule has 2 aromatic rings. The lowest BCUT2D eigenvalue weighted by Crippen LogP contribution is -2.36. The molecule has 1 saturated heterocycles. The molecule has 1 aliphatic rings. The van der Waals surface area contributed by atoms with E-state index in [1.54, 1.807) is 0 Å². The van der Waals surface area contributed by atoms with Crippen LogP contribution in [0.1, 0.15) is 30.5 Å². The summed E-state index contributed by atoms with van der Waals surface area (Å²) in [5.41, 5.74) is 4.79. The van der Waals surface area contributed by atoms with Crippen LogP contribution in [-0.2, 0) is 36.6 Å². The molecule has 6 nitrogen and oxygen atoms in total. The zero-order chi connectivity index (χ0) is 24.2. The van der Waals surface area contributed by atoms with E-state index in [1.807, 2.05) is 20.8 Å². The minimum atomic E-state index is -0.155. The molecule has 33 heavy (non-hydrogen) atoms. The molecule has 0 amide bonds. The third-order valence-electron chi connectivity index (χ3n) is 5.72. The van der Waals surface area contributed by atoms with Gasteiger partial charge in [-0.1, -0.05) is 55.8 Å². The number of morpholine rings is 1. The van der Waals surface area contributed by atoms with Crippen LogP contribution < -0.4 is 4.90 Å². The summed E-state index contributed by atoms with van der Waals surface area (Å²) in [5, 5.41) is 0. The first-order chi connectivity index (χ1) is 15.8. The lowest BCUT2D eigenvalue weighted by Gasteiger charge is -2.29. The maximum absolute atomic E-state index is 11.4. The van der Waals surface area contributed by atoms with Crippen LogP contribution in [0.2, 0.25) is 0 Å². The lowest BCUT2D eigenvalue weighted by molar-refractivity contribution is -0.145. The summed E-state index contributed by atoms with van der Waals surface area (Å²) in [6.45, 7) is 9.29. The van der Waals surface area contributed by atoms with Gasteiger partial charge in [0.25, 0.3) is 0 Å². The molecule has 2 aromatic carbocycles. The van der Waals surface area contributed by atoms with E-state index in [1.165, 1.54) is 31.0 Å². The van der Waals surface area contributed by atoms with Crippen molar-refractivity contribution in [2.24, 2.45) is 11.8 Å². The Bertz CT molecular complexity index is 857. The molecular formula is C27H37NO5. The number of rotatable bonds is 7. The second-order valence-corrected chi connectivity index (χ2v) is 8.51. The second kappa shape index (κ2) is 13.6. The van der Waals surface area contributed by atoms with Gasteiger partial charge in [0.2, 0.25) is 0 Å². The second-order valence-electron chi connectivity index (χ2n) is 8.51. The molecule has 180 valence electrons. The zero-order valence-corrected chi connectivity index (χ0v) is 20.5. The number of nitrogens with zero attached hydrogens (tertiary/aromatic N) is 1. The van der Waals surface area contributed by atoms with Gasteiger partial charge in [-0.3, -0.25) is 9.59 Å². The van der Waals surface area contributed by atoms with Crippen molar-refractivity contribution < 1.29 is 23.8 Å². The van der Waals surface area contributed by atoms with Gasteiger partial charge in [0.05, 0.1) is 39.3 Å². The predicted molar refractivity (Wildman–Crippen MR) is 130 cm³/mol. The van der Waals surface area contributed by atoms with E-state index in [0.717, 1.165) is 44.7 Å². The summed E-state index contributed by atoms with van der Waals surface area (Å²) >= 11 is 0. The van der Waals surface area contributed by atoms with Crippen LogP contribution in [-0.4, -0.2) is 52.5 Å². The summed E-state index contributed by atoms with van der Waals surface area (Å²) in [5.74, 6) is -0.468. The van der Waals surface area contributed by atoms with Crippen molar-refractivity contribution in [2.75, 3.05) is 45.4 Å². The molecule has 2 atom stereocenters. The molecule has 6 heteroatoms. The van der Waals surface area contributed by atoms with Crippen LogP contribution in [0.3, 0.4) is 0 Å². The Morgan fingerprint density at radius 2 is 1.24 bits per heavy atom. The number of methoxy groups -OCH3 is 2. The van der Waals surface area contributed by atoms with Crippen LogP contribution in [0.4, 0.5) is 5.69 Å². The molecule has 0 radical (unpaired) electrons. The number of esters is 2. The van der Waals surface area contributed by atoms with Crippen molar-refractivity contribution in [3.8, 4) is 0 Å². The van der Waals surface area contributed by atoms with Gasteiger partial charge in [0.1, 0.15) is 0 Å². The largest absolute Gasteiger partial charge is 0.469 e. The van der Waals surface area contributed by atoms with Gasteiger partial charge in [-0.05, 0) is 43.0 Å². The summed E-state index contributed by atoms with van der Waals surface area (Å²) < 4.78 is 14.8. The van der Waals surface area contributed by atoms with Gasteiger partial charge in [-0.25, -0.2) is 0 Å². The first-order valence-corrected chi connectivity index (χ1v) is 11.5. The van der Waals surface area contributed by atoms with Gasteiger partial charge in [0.15, 0.2) is 0 Å². The standard InChI is InChI=1S/C15H21NO3.C12H16O2/c1-12(15(17)18-2)11-13-3-5-14(6-4-13)16-7-9-19-10-8-16;1-9-4-6-11(7-5-9)8-10(2)12(13)14-3/h3-6,12H,7-11H2,1-2H3;4-7,10H,8H2,1-3H3/t;10-/m.0/s1. The Morgan fingerprint density at radius 1 is 0.818 bits per heavy atom. The van der Waals surface area contributed by atoms with Crippen molar-refractivity contribution in [1.82, 2.24) is 0 Å². The van der Waals surface area contributed by atoms with E-state index in [2.05, 4.69) is 58.2 Å². The fraction of sp³-hybridized carbons (Fsp3) is 0.481. The van der Waals surface area contributed by atoms with Crippen LogP contribution >= 0.6 is 0 Å². The van der Waals surface area contributed by atoms with Gasteiger partial charge in [-0.15, -0.1) is 0 Å². The van der Waals surface area contributed by atoms with Gasteiger partial charge in [0, 0.05) is 18.8 Å². The van der Waals surface area contributed by atoms with Crippen molar-refractivity contribution in [3.05, 3.63) is 65.2 Å². The minimum absolute atomic E-state index is 0.0669. The SMILES string of the molecule is COC(=O)C(C)Cc1ccc(N2CCOCC2)cc1.COC(=O)[C@@H](C)Cc1ccc(C)cc1. The smallest absolute Gasteiger partial charge is 0.308 e. The van der Waals surface area contributed by atoms with Gasteiger partial charge >= 0.3 is 11.9 Å². The molecule has 0 N–H and O–H groups in total. The summed E-state index contributed by atoms with van der Waals surface area (Å²) in [6.07, 6.45) is 1.46. The average molecular weight is 456 g/mol. The molecule has 0 spiro atoms. The Morgan fingerprint density at radius 3 is 1.67 bits per heavy atom. The summed E-state index contributed by atoms with van der Waals surface area (Å²) in [7, 11) is 2.86. The molecule has 3 rings (SSSR count). The van der Waals surface area contributed by atoms with E-state index in [4.69, 9.17) is 9.47 Å². The monoisotopic (exact) mass is 455 g/mol. The van der Waals surface area contributed by atoms with Gasteiger partial charge in [-0.2, -0.15) is 0 Å². The normalized spacial score (nSPS) is 15.0. The number of hydrogen-bond acceptors (Lipinski definition) is 6. The van der Waals surface area contributed by atoms with E-state index in [0.29, 0.717) is 0 Å². The zero-order valence-electron chi connectivity index (χ0n) is 20.5. The fourth-order valence-corrected chi connectivity index (χ4v) is 3.66. The number of anilines is 1. The Hall–Kier alpha value is -2.86. The molecule has 1 aliphatic heterocycles. The van der Waals surface area contributed by atoms with E-state index in [9.17, 15) is 9.59 Å². The van der Waals surface area contributed by atoms with Crippen molar-refractivity contribution in [2.45, 2.75) is 33.6 Å². The van der Waals surface area contributed by atoms with Crippen LogP contribution in [0.5, 0.6) is 0 Å². The predicted octanol–water partition coefficient (Wildman–Crippen LogP) is 4.22. The molecule has 0 aromatic heterocycles. The third kappa shape index (κ3) is 8.89. The highest BCUT2D eigenvalue weighted by Gasteiger charge is 2.15. The van der Waals surface area contributed by atoms with Crippen molar-refractivity contribution in [1.29, 1.82) is 0 Å². The van der Waals surface area contributed by atoms with Crippen LogP contribution in [0.15, 0.2) is 48.5 Å². The van der Waals surface area contributed by atoms with Crippen molar-refractivity contribution >= 4 is 17.6 Å². The maximum atomic E-state index is 11.4. The maximum Gasteiger partial charge on any atom is 0.308 e. The topological polar surface area (TPSA) is 65.1 Å². The van der Waals surface area contributed by atoms with Crippen molar-refractivity contribution in [3.63, 3.8) is 0 Å². The average Bonchev–Trinajstić information content (AvgIpc) is 2.85. The highest BCUT2D eigenvalue weighted by atomic mass is 16.5. The number of hydrogen-bond donors (Lipinski definition) is 0. The van der Waals surface area contributed by atoms with E-state index >= 15 is 0 Å². The molecule has 0 aliphatic carbocycles. The number of ether oxygens (including phenoxy) is 3. The number of carbonyl (C=O) groups is 2. The first-order valence-electron chi connectivity index (χ1n) is 11.5. The highest BCUT2D eigenvalue weighted by molar-refractivity contribution is 5.72. The molecular weight excluding hydrogens is 418 g/mol. The lowest BCUT2D eigenvalue weighted by atomic mass is 10.0. The minimum Gasteiger partial charge on any atom is -0.469 e. The number of carbonyl (C=O) groups excluding carboxylic acids is 2. The fourth-order valence-electron chi connectivity index (χ4n) is 3.66. The summed E-state index contributed by atoms with van der Waals surface area (Å²) in [6, 6.07) is 16.6. The quantitative estimate of drug-likeness (QED) is 0.583. The van der Waals surface area contributed by atoms with Crippen LogP contribution in [0, 0.1) is 18.8 Å². The third-order valence-corrected chi connectivity index (χ3v) is 5.72. The number of benzene rings is 2. The molecule has 0 saturated carbocycles. The molecule has 0 bridgehead atoms.